The number of nitrogens with one attached hydrogen (secondary N) is 1. The minimum absolute atomic E-state index is 0.290. The number of carbonyl (C=O) groups excluding carboxylic acids is 1. The molecule has 118 valence electrons. The Morgan fingerprint density at radius 3 is 2.12 bits per heavy atom. The van der Waals surface area contributed by atoms with Crippen molar-refractivity contribution in [1.82, 2.24) is 10.4 Å². The molecule has 0 radical (unpaired) electrons. The van der Waals surface area contributed by atoms with Crippen LogP contribution in [0, 0.1) is 0 Å². The average Bonchev–Trinajstić information content (AvgIpc) is 2.65. The maximum atomic E-state index is 12.2. The van der Waals surface area contributed by atoms with E-state index in [0.29, 0.717) is 17.0 Å². The van der Waals surface area contributed by atoms with Gasteiger partial charge < -0.3 is 5.73 Å². The van der Waals surface area contributed by atoms with Crippen LogP contribution >= 0.6 is 0 Å². The van der Waals surface area contributed by atoms with Gasteiger partial charge in [-0.15, -0.1) is 0 Å². The van der Waals surface area contributed by atoms with Crippen LogP contribution < -0.4 is 11.2 Å². The minimum atomic E-state index is -0.290. The Kier molecular flexibility index (Phi) is 4.62. The Balaban J connectivity index is 1.93. The van der Waals surface area contributed by atoms with E-state index in [-0.39, 0.29) is 5.91 Å². The Hall–Kier alpha value is -3.47. The monoisotopic (exact) mass is 316 g/mol. The van der Waals surface area contributed by atoms with Gasteiger partial charge in [0.2, 0.25) is 0 Å². The van der Waals surface area contributed by atoms with Gasteiger partial charge in [-0.3, -0.25) is 9.78 Å². The summed E-state index contributed by atoms with van der Waals surface area (Å²) in [6.07, 6.45) is 3.13. The Labute approximate surface area is 139 Å². The molecule has 1 amide bonds. The van der Waals surface area contributed by atoms with E-state index in [0.717, 1.165) is 11.1 Å². The van der Waals surface area contributed by atoms with Gasteiger partial charge in [0.1, 0.15) is 0 Å². The highest BCUT2D eigenvalue weighted by Gasteiger charge is 2.09. The maximum Gasteiger partial charge on any atom is 0.271 e. The molecule has 0 saturated heterocycles. The molecular formula is C19H16N4O. The smallest absolute Gasteiger partial charge is 0.271 e. The van der Waals surface area contributed by atoms with E-state index >= 15 is 0 Å². The highest BCUT2D eigenvalue weighted by atomic mass is 16.2. The van der Waals surface area contributed by atoms with Crippen LogP contribution in [0.1, 0.15) is 21.5 Å². The zero-order valence-electron chi connectivity index (χ0n) is 12.9. The van der Waals surface area contributed by atoms with E-state index in [1.807, 2.05) is 42.5 Å². The second-order valence-electron chi connectivity index (χ2n) is 5.13. The molecule has 3 rings (SSSR count). The van der Waals surface area contributed by atoms with Crippen LogP contribution in [0.15, 0.2) is 84.2 Å². The number of anilines is 1. The second-order valence-corrected chi connectivity index (χ2v) is 5.13. The number of hydrogen-bond acceptors (Lipinski definition) is 4. The molecule has 3 N–H and O–H groups in total. The number of hydrogen-bond donors (Lipinski definition) is 2. The first kappa shape index (κ1) is 15.4. The summed E-state index contributed by atoms with van der Waals surface area (Å²) < 4.78 is 0. The maximum absolute atomic E-state index is 12.2. The molecule has 0 aliphatic rings. The predicted molar refractivity (Wildman–Crippen MR) is 94.6 cm³/mol. The summed E-state index contributed by atoms with van der Waals surface area (Å²) in [6.45, 7) is 0. The van der Waals surface area contributed by atoms with Crippen LogP contribution in [-0.4, -0.2) is 16.6 Å². The topological polar surface area (TPSA) is 80.4 Å². The summed E-state index contributed by atoms with van der Waals surface area (Å²) in [6, 6.07) is 20.3. The van der Waals surface area contributed by atoms with Crippen molar-refractivity contribution in [1.29, 1.82) is 0 Å². The van der Waals surface area contributed by atoms with Gasteiger partial charge in [-0.2, -0.15) is 5.10 Å². The van der Waals surface area contributed by atoms with Gasteiger partial charge in [0.05, 0.1) is 5.71 Å². The number of hydrazone groups is 1. The van der Waals surface area contributed by atoms with Crippen LogP contribution in [0.25, 0.3) is 0 Å². The lowest BCUT2D eigenvalue weighted by molar-refractivity contribution is 0.0955. The lowest BCUT2D eigenvalue weighted by atomic mass is 10.0. The fourth-order valence-corrected chi connectivity index (χ4v) is 2.21. The van der Waals surface area contributed by atoms with E-state index < -0.39 is 0 Å². The third kappa shape index (κ3) is 3.64. The number of rotatable bonds is 4. The van der Waals surface area contributed by atoms with Gasteiger partial charge in [-0.1, -0.05) is 42.5 Å². The molecule has 1 heterocycles. The molecule has 0 bridgehead atoms. The van der Waals surface area contributed by atoms with Crippen LogP contribution in [0.5, 0.6) is 0 Å². The molecule has 0 atom stereocenters. The Morgan fingerprint density at radius 2 is 1.46 bits per heavy atom. The number of pyridine rings is 1. The van der Waals surface area contributed by atoms with Crippen LogP contribution in [0.3, 0.4) is 0 Å². The highest BCUT2D eigenvalue weighted by molar-refractivity contribution is 6.13. The normalized spacial score (nSPS) is 11.1. The quantitative estimate of drug-likeness (QED) is 0.441. The molecule has 5 heteroatoms. The van der Waals surface area contributed by atoms with Crippen molar-refractivity contribution < 1.29 is 4.79 Å². The van der Waals surface area contributed by atoms with Gasteiger partial charge in [0, 0.05) is 34.8 Å². The van der Waals surface area contributed by atoms with E-state index in [1.54, 1.807) is 36.7 Å². The van der Waals surface area contributed by atoms with Crippen molar-refractivity contribution in [2.45, 2.75) is 0 Å². The summed E-state index contributed by atoms with van der Waals surface area (Å²) in [5.74, 6) is -0.290. The van der Waals surface area contributed by atoms with Gasteiger partial charge >= 0.3 is 0 Å². The van der Waals surface area contributed by atoms with Crippen molar-refractivity contribution in [2.24, 2.45) is 5.10 Å². The zero-order chi connectivity index (χ0) is 16.8. The van der Waals surface area contributed by atoms with E-state index in [4.69, 9.17) is 5.73 Å². The molecule has 0 aliphatic carbocycles. The number of nitrogens with two attached hydrogens (primary N) is 1. The fraction of sp³-hybridized carbons (Fsp3) is 0. The number of amides is 1. The molecule has 24 heavy (non-hydrogen) atoms. The lowest BCUT2D eigenvalue weighted by Crippen LogP contribution is -2.20. The van der Waals surface area contributed by atoms with Crippen LogP contribution in [0.2, 0.25) is 0 Å². The number of aromatic nitrogens is 1. The number of nitrogen functional groups attached to an aromatic ring is 1. The number of benzene rings is 2. The van der Waals surface area contributed by atoms with Crippen molar-refractivity contribution in [3.63, 3.8) is 0 Å². The summed E-state index contributed by atoms with van der Waals surface area (Å²) in [5, 5.41) is 4.33. The van der Waals surface area contributed by atoms with Crippen LogP contribution in [0.4, 0.5) is 5.69 Å². The molecule has 5 nitrogen and oxygen atoms in total. The summed E-state index contributed by atoms with van der Waals surface area (Å²) in [5.41, 5.74) is 12.0. The van der Waals surface area contributed by atoms with E-state index in [9.17, 15) is 4.79 Å². The average molecular weight is 316 g/mol. The standard InChI is InChI=1S/C19H16N4O/c20-17-8-6-15(7-9-17)18(14-4-2-1-3-5-14)22-23-19(24)16-10-12-21-13-11-16/h1-13H,20H2,(H,23,24)/b22-18-. The van der Waals surface area contributed by atoms with Crippen molar-refractivity contribution in [3.05, 3.63) is 95.8 Å². The molecule has 3 aromatic rings. The Bertz CT molecular complexity index is 844. The number of nitrogens with zero attached hydrogens (tertiary/aromatic N) is 2. The van der Waals surface area contributed by atoms with Crippen molar-refractivity contribution >= 4 is 17.3 Å². The fourth-order valence-electron chi connectivity index (χ4n) is 2.21. The first-order valence-electron chi connectivity index (χ1n) is 7.43. The highest BCUT2D eigenvalue weighted by Crippen LogP contribution is 2.13. The van der Waals surface area contributed by atoms with E-state index in [2.05, 4.69) is 15.5 Å². The minimum Gasteiger partial charge on any atom is -0.399 e. The third-order valence-electron chi connectivity index (χ3n) is 3.44. The van der Waals surface area contributed by atoms with Gasteiger partial charge in [-0.25, -0.2) is 5.43 Å². The van der Waals surface area contributed by atoms with Crippen LogP contribution in [-0.2, 0) is 0 Å². The Morgan fingerprint density at radius 1 is 0.833 bits per heavy atom. The SMILES string of the molecule is Nc1ccc(/C(=N\NC(=O)c2ccncc2)c2ccccc2)cc1. The van der Waals surface area contributed by atoms with Gasteiger partial charge in [0.25, 0.3) is 5.91 Å². The summed E-state index contributed by atoms with van der Waals surface area (Å²) >= 11 is 0. The molecular weight excluding hydrogens is 300 g/mol. The van der Waals surface area contributed by atoms with Gasteiger partial charge in [-0.05, 0) is 24.3 Å². The second kappa shape index (κ2) is 7.19. The molecule has 0 spiro atoms. The van der Waals surface area contributed by atoms with E-state index in [1.165, 1.54) is 0 Å². The summed E-state index contributed by atoms with van der Waals surface area (Å²) in [7, 11) is 0. The molecule has 0 fully saturated rings. The lowest BCUT2D eigenvalue weighted by Gasteiger charge is -2.08. The summed E-state index contributed by atoms with van der Waals surface area (Å²) in [4.78, 5) is 16.1. The number of carbonyl (C=O) groups is 1. The molecule has 0 saturated carbocycles. The first-order valence-corrected chi connectivity index (χ1v) is 7.43. The van der Waals surface area contributed by atoms with Crippen molar-refractivity contribution in [2.75, 3.05) is 5.73 Å². The molecule has 0 unspecified atom stereocenters. The first-order chi connectivity index (χ1) is 11.7. The largest absolute Gasteiger partial charge is 0.399 e. The van der Waals surface area contributed by atoms with Crippen molar-refractivity contribution in [3.8, 4) is 0 Å². The van der Waals surface area contributed by atoms with Gasteiger partial charge in [0.15, 0.2) is 0 Å². The molecule has 1 aromatic heterocycles. The molecule has 2 aromatic carbocycles. The molecule has 0 aliphatic heterocycles. The predicted octanol–water partition coefficient (Wildman–Crippen LogP) is 2.85. The third-order valence-corrected chi connectivity index (χ3v) is 3.44. The zero-order valence-corrected chi connectivity index (χ0v) is 12.9.